The van der Waals surface area contributed by atoms with Gasteiger partial charge in [0.15, 0.2) is 5.69 Å². The highest BCUT2D eigenvalue weighted by Crippen LogP contribution is 2.35. The van der Waals surface area contributed by atoms with Gasteiger partial charge < -0.3 is 16.6 Å². The molecule has 3 rings (SSSR count). The van der Waals surface area contributed by atoms with Crippen molar-refractivity contribution < 1.29 is 23.1 Å². The van der Waals surface area contributed by atoms with Crippen LogP contribution in [0.1, 0.15) is 40.0 Å². The number of rotatable bonds is 4. The molecule has 0 fully saturated rings. The molecule has 3 aromatic rings. The Hall–Kier alpha value is -3.82. The van der Waals surface area contributed by atoms with E-state index in [9.17, 15) is 27.9 Å². The minimum absolute atomic E-state index is 0.0208. The lowest BCUT2D eigenvalue weighted by Gasteiger charge is -2.18. The number of nitrogen functional groups attached to an aromatic ring is 1. The van der Waals surface area contributed by atoms with Crippen LogP contribution in [0, 0.1) is 0 Å². The summed E-state index contributed by atoms with van der Waals surface area (Å²) in [5.74, 6) is -2.09. The molecule has 1 atom stereocenters. The van der Waals surface area contributed by atoms with Gasteiger partial charge in [0.25, 0.3) is 11.5 Å². The Kier molecular flexibility index (Phi) is 5.26. The number of carbonyl (C=O) groups excluding carboxylic acids is 1. The lowest BCUT2D eigenvalue weighted by molar-refractivity contribution is -0.137. The summed E-state index contributed by atoms with van der Waals surface area (Å²) < 4.78 is 40.2. The van der Waals surface area contributed by atoms with E-state index in [2.05, 4.69) is 5.10 Å². The monoisotopic (exact) mass is 418 g/mol. The summed E-state index contributed by atoms with van der Waals surface area (Å²) in [6, 6.07) is 9.88. The summed E-state index contributed by atoms with van der Waals surface area (Å²) in [5, 5.41) is 13.9. The minimum atomic E-state index is -4.62. The Morgan fingerprint density at radius 3 is 2.43 bits per heavy atom. The average molecular weight is 418 g/mol. The molecular weight excluding hydrogens is 401 g/mol. The number of hydrogen-bond acceptors (Lipinski definition) is 5. The summed E-state index contributed by atoms with van der Waals surface area (Å²) >= 11 is 0. The van der Waals surface area contributed by atoms with Crippen LogP contribution in [-0.4, -0.2) is 20.8 Å². The predicted octanol–water partition coefficient (Wildman–Crippen LogP) is 2.79. The van der Waals surface area contributed by atoms with Crippen molar-refractivity contribution >= 4 is 11.6 Å². The van der Waals surface area contributed by atoms with Gasteiger partial charge in [0.1, 0.15) is 11.4 Å². The molecule has 7 nitrogen and oxygen atoms in total. The molecule has 1 heterocycles. The van der Waals surface area contributed by atoms with Crippen molar-refractivity contribution in [2.75, 3.05) is 5.73 Å². The third kappa shape index (κ3) is 3.97. The Labute approximate surface area is 168 Å². The largest absolute Gasteiger partial charge is 0.506 e. The quantitative estimate of drug-likeness (QED) is 0.562. The summed E-state index contributed by atoms with van der Waals surface area (Å²) in [6.07, 6.45) is -4.62. The Morgan fingerprint density at radius 2 is 1.83 bits per heavy atom. The molecule has 1 amide bonds. The number of para-hydroxylation sites is 2. The molecule has 0 aliphatic heterocycles. The van der Waals surface area contributed by atoms with Gasteiger partial charge in [-0.3, -0.25) is 9.59 Å². The fourth-order valence-corrected chi connectivity index (χ4v) is 3.08. The molecule has 0 bridgehead atoms. The topological polar surface area (TPSA) is 124 Å². The number of hydrogen-bond donors (Lipinski definition) is 3. The first-order valence-electron chi connectivity index (χ1n) is 8.69. The summed E-state index contributed by atoms with van der Waals surface area (Å²) in [4.78, 5) is 24.6. The van der Waals surface area contributed by atoms with Crippen LogP contribution in [-0.2, 0) is 6.18 Å². The highest BCUT2D eigenvalue weighted by molar-refractivity contribution is 5.92. The van der Waals surface area contributed by atoms with E-state index in [1.54, 1.807) is 6.07 Å². The lowest BCUT2D eigenvalue weighted by Crippen LogP contribution is -2.28. The van der Waals surface area contributed by atoms with E-state index >= 15 is 0 Å². The van der Waals surface area contributed by atoms with Crippen molar-refractivity contribution in [3.63, 3.8) is 0 Å². The first-order chi connectivity index (χ1) is 14.0. The van der Waals surface area contributed by atoms with Crippen LogP contribution < -0.4 is 17.0 Å². The number of alkyl halides is 3. The molecular formula is C20H17F3N4O3. The summed E-state index contributed by atoms with van der Waals surface area (Å²) in [5.41, 5.74) is 9.11. The van der Waals surface area contributed by atoms with Gasteiger partial charge in [0, 0.05) is 17.7 Å². The second kappa shape index (κ2) is 7.54. The Bertz CT molecular complexity index is 1190. The van der Waals surface area contributed by atoms with Gasteiger partial charge in [-0.05, 0) is 41.5 Å². The average Bonchev–Trinajstić information content (AvgIpc) is 2.66. The maximum absolute atomic E-state index is 13.1. The van der Waals surface area contributed by atoms with Gasteiger partial charge in [0.05, 0.1) is 5.56 Å². The van der Waals surface area contributed by atoms with Gasteiger partial charge in [-0.2, -0.15) is 23.0 Å². The zero-order chi connectivity index (χ0) is 22.2. The second-order valence-corrected chi connectivity index (χ2v) is 6.66. The third-order valence-electron chi connectivity index (χ3n) is 4.58. The minimum Gasteiger partial charge on any atom is -0.506 e. The maximum atomic E-state index is 13.1. The molecule has 0 saturated heterocycles. The summed E-state index contributed by atoms with van der Waals surface area (Å²) in [6.45, 7) is 1.50. The van der Waals surface area contributed by atoms with Crippen molar-refractivity contribution in [3.05, 3.63) is 81.3 Å². The first-order valence-corrected chi connectivity index (χ1v) is 8.69. The van der Waals surface area contributed by atoms with E-state index in [1.165, 1.54) is 31.2 Å². The van der Waals surface area contributed by atoms with Crippen molar-refractivity contribution in [1.29, 1.82) is 0 Å². The first kappa shape index (κ1) is 20.9. The van der Waals surface area contributed by atoms with E-state index in [1.807, 2.05) is 0 Å². The number of anilines is 1. The number of halogens is 3. The fraction of sp³-hybridized carbons (Fsp3) is 0.150. The number of amides is 1. The number of primary amides is 1. The second-order valence-electron chi connectivity index (χ2n) is 6.66. The number of benzene rings is 2. The zero-order valence-corrected chi connectivity index (χ0v) is 15.6. The molecule has 30 heavy (non-hydrogen) atoms. The van der Waals surface area contributed by atoms with E-state index in [-0.39, 0.29) is 33.9 Å². The van der Waals surface area contributed by atoms with Crippen LogP contribution in [0.15, 0.2) is 53.3 Å². The molecule has 1 aromatic heterocycles. The van der Waals surface area contributed by atoms with Gasteiger partial charge in [-0.25, -0.2) is 0 Å². The van der Waals surface area contributed by atoms with E-state index in [4.69, 9.17) is 11.5 Å². The number of aromatic hydroxyl groups is 1. The van der Waals surface area contributed by atoms with Crippen LogP contribution in [0.3, 0.4) is 0 Å². The van der Waals surface area contributed by atoms with Crippen molar-refractivity contribution in [2.24, 2.45) is 5.73 Å². The predicted molar refractivity (Wildman–Crippen MR) is 103 cm³/mol. The molecule has 0 spiro atoms. The molecule has 10 heteroatoms. The summed E-state index contributed by atoms with van der Waals surface area (Å²) in [7, 11) is 0. The SMILES string of the molecule is C[C@H](c1cc(N)cc(C(F)(F)F)c1)c1cc(=O)n(-c2ccccc2O)nc1C(N)=O. The van der Waals surface area contributed by atoms with Crippen LogP contribution in [0.2, 0.25) is 0 Å². The molecule has 156 valence electrons. The highest BCUT2D eigenvalue weighted by Gasteiger charge is 2.32. The fourth-order valence-electron chi connectivity index (χ4n) is 3.08. The zero-order valence-electron chi connectivity index (χ0n) is 15.6. The molecule has 0 unspecified atom stereocenters. The smallest absolute Gasteiger partial charge is 0.416 e. The number of aromatic nitrogens is 2. The molecule has 0 radical (unpaired) electrons. The van der Waals surface area contributed by atoms with Crippen LogP contribution >= 0.6 is 0 Å². The van der Waals surface area contributed by atoms with Gasteiger partial charge in [0.2, 0.25) is 0 Å². The number of phenolic OH excluding ortho intramolecular Hbond substituents is 1. The molecule has 0 saturated carbocycles. The lowest BCUT2D eigenvalue weighted by atomic mass is 9.90. The molecule has 0 aliphatic rings. The molecule has 5 N–H and O–H groups in total. The molecule has 0 aliphatic carbocycles. The van der Waals surface area contributed by atoms with Crippen molar-refractivity contribution in [1.82, 2.24) is 9.78 Å². The normalized spacial score (nSPS) is 12.5. The maximum Gasteiger partial charge on any atom is 0.416 e. The van der Waals surface area contributed by atoms with Crippen LogP contribution in [0.5, 0.6) is 5.75 Å². The van der Waals surface area contributed by atoms with Crippen molar-refractivity contribution in [2.45, 2.75) is 19.0 Å². The number of phenols is 1. The number of carbonyl (C=O) groups is 1. The highest BCUT2D eigenvalue weighted by atomic mass is 19.4. The van der Waals surface area contributed by atoms with Gasteiger partial charge >= 0.3 is 6.18 Å². The van der Waals surface area contributed by atoms with Crippen molar-refractivity contribution in [3.8, 4) is 11.4 Å². The van der Waals surface area contributed by atoms with E-state index in [0.29, 0.717) is 0 Å². The van der Waals surface area contributed by atoms with Gasteiger partial charge in [-0.1, -0.05) is 19.1 Å². The number of nitrogens with two attached hydrogens (primary N) is 2. The molecule has 2 aromatic carbocycles. The van der Waals surface area contributed by atoms with Crippen LogP contribution in [0.25, 0.3) is 5.69 Å². The van der Waals surface area contributed by atoms with E-state index in [0.717, 1.165) is 22.9 Å². The Balaban J connectivity index is 2.19. The van der Waals surface area contributed by atoms with E-state index < -0.39 is 29.1 Å². The standard InChI is InChI=1S/C20H17F3N4O3/c1-10(11-6-12(20(21,22)23)8-13(24)7-11)14-9-17(29)27(26-18(14)19(25)30)15-4-2-3-5-16(15)28/h2-10,28H,24H2,1H3,(H2,25,30)/t10-/m1/s1. The van der Waals surface area contributed by atoms with Gasteiger partial charge in [-0.15, -0.1) is 0 Å². The van der Waals surface area contributed by atoms with Crippen LogP contribution in [0.4, 0.5) is 18.9 Å². The number of nitrogens with zero attached hydrogens (tertiary/aromatic N) is 2. The Morgan fingerprint density at radius 1 is 1.17 bits per heavy atom. The third-order valence-corrected chi connectivity index (χ3v) is 4.58.